The average Bonchev–Trinajstić information content (AvgIpc) is 2.92. The van der Waals surface area contributed by atoms with Gasteiger partial charge in [-0.05, 0) is 57.9 Å². The zero-order chi connectivity index (χ0) is 14.7. The van der Waals surface area contributed by atoms with Gasteiger partial charge in [0.25, 0.3) is 0 Å². The molecule has 21 heavy (non-hydrogen) atoms. The molecule has 2 atom stereocenters. The maximum Gasteiger partial charge on any atom is 0.122 e. The Morgan fingerprint density at radius 3 is 3.10 bits per heavy atom. The van der Waals surface area contributed by atoms with Crippen LogP contribution >= 0.6 is 0 Å². The van der Waals surface area contributed by atoms with Crippen LogP contribution in [0.5, 0.6) is 0 Å². The van der Waals surface area contributed by atoms with E-state index in [9.17, 15) is 0 Å². The van der Waals surface area contributed by atoms with E-state index >= 15 is 0 Å². The molecule has 4 heteroatoms. The van der Waals surface area contributed by atoms with Gasteiger partial charge in [0.05, 0.1) is 12.8 Å². The number of piperidine rings is 2. The van der Waals surface area contributed by atoms with Crippen LogP contribution in [0.3, 0.4) is 0 Å². The lowest BCUT2D eigenvalue weighted by Crippen LogP contribution is -2.52. The molecule has 1 N–H and O–H groups in total. The number of fused-ring (bicyclic) bond motifs is 1. The molecule has 2 saturated heterocycles. The van der Waals surface area contributed by atoms with Crippen LogP contribution in [0.4, 0.5) is 0 Å². The minimum absolute atomic E-state index is 0.820. The standard InChI is InChI=1S/C17H29N3O/c1-3-18-11-17-15(7-10-21-17)13-20-9-6-16-14(12-20)5-4-8-19(16)2/h7,10,14,16,18H,3-6,8-9,11-13H2,1-2H3. The van der Waals surface area contributed by atoms with Gasteiger partial charge in [0.2, 0.25) is 0 Å². The Bertz CT molecular complexity index is 445. The van der Waals surface area contributed by atoms with E-state index in [1.54, 1.807) is 0 Å². The van der Waals surface area contributed by atoms with Crippen molar-refractivity contribution >= 4 is 0 Å². The van der Waals surface area contributed by atoms with E-state index in [1.165, 1.54) is 44.5 Å². The fraction of sp³-hybridized carbons (Fsp3) is 0.765. The summed E-state index contributed by atoms with van der Waals surface area (Å²) in [6, 6.07) is 2.96. The normalized spacial score (nSPS) is 27.7. The van der Waals surface area contributed by atoms with Crippen molar-refractivity contribution < 1.29 is 4.42 Å². The van der Waals surface area contributed by atoms with E-state index in [4.69, 9.17) is 4.42 Å². The average molecular weight is 291 g/mol. The van der Waals surface area contributed by atoms with Crippen LogP contribution in [-0.4, -0.2) is 49.1 Å². The van der Waals surface area contributed by atoms with Crippen molar-refractivity contribution in [1.29, 1.82) is 0 Å². The van der Waals surface area contributed by atoms with Gasteiger partial charge >= 0.3 is 0 Å². The van der Waals surface area contributed by atoms with Crippen molar-refractivity contribution in [3.8, 4) is 0 Å². The smallest absolute Gasteiger partial charge is 0.122 e. The maximum absolute atomic E-state index is 5.63. The van der Waals surface area contributed by atoms with Crippen LogP contribution in [0.15, 0.2) is 16.7 Å². The summed E-state index contributed by atoms with van der Waals surface area (Å²) in [4.78, 5) is 5.21. The first kappa shape index (κ1) is 15.1. The second kappa shape index (κ2) is 6.95. The fourth-order valence-electron chi connectivity index (χ4n) is 4.01. The summed E-state index contributed by atoms with van der Waals surface area (Å²) in [5, 5.41) is 3.36. The highest BCUT2D eigenvalue weighted by Crippen LogP contribution is 2.30. The second-order valence-electron chi connectivity index (χ2n) is 6.62. The molecular weight excluding hydrogens is 262 g/mol. The van der Waals surface area contributed by atoms with Crippen LogP contribution in [-0.2, 0) is 13.1 Å². The summed E-state index contributed by atoms with van der Waals surface area (Å²) < 4.78 is 5.63. The molecular formula is C17H29N3O. The molecule has 2 unspecified atom stereocenters. The predicted molar refractivity (Wildman–Crippen MR) is 85.1 cm³/mol. The molecule has 4 nitrogen and oxygen atoms in total. The predicted octanol–water partition coefficient (Wildman–Crippen LogP) is 2.31. The quantitative estimate of drug-likeness (QED) is 0.902. The van der Waals surface area contributed by atoms with E-state index in [0.29, 0.717) is 0 Å². The number of likely N-dealkylation sites (tertiary alicyclic amines) is 2. The molecule has 0 aliphatic carbocycles. The number of nitrogens with one attached hydrogen (secondary N) is 1. The third kappa shape index (κ3) is 3.50. The minimum atomic E-state index is 0.820. The molecule has 0 spiro atoms. The van der Waals surface area contributed by atoms with E-state index < -0.39 is 0 Å². The molecule has 3 rings (SSSR count). The summed E-state index contributed by atoms with van der Waals surface area (Å²) in [5.41, 5.74) is 1.36. The SMILES string of the molecule is CCNCc1occc1CN1CCC2C(CCCN2C)C1. The zero-order valence-electron chi connectivity index (χ0n) is 13.5. The van der Waals surface area contributed by atoms with Crippen molar-refractivity contribution in [1.82, 2.24) is 15.1 Å². The molecule has 0 amide bonds. The van der Waals surface area contributed by atoms with Gasteiger partial charge in [-0.15, -0.1) is 0 Å². The zero-order valence-corrected chi connectivity index (χ0v) is 13.5. The summed E-state index contributed by atoms with van der Waals surface area (Å²) in [7, 11) is 2.30. The molecule has 2 aliphatic rings. The van der Waals surface area contributed by atoms with Crippen molar-refractivity contribution in [2.45, 2.75) is 45.3 Å². The lowest BCUT2D eigenvalue weighted by molar-refractivity contribution is 0.0353. The van der Waals surface area contributed by atoms with Gasteiger partial charge in [0.1, 0.15) is 5.76 Å². The van der Waals surface area contributed by atoms with Crippen LogP contribution in [0, 0.1) is 5.92 Å². The maximum atomic E-state index is 5.63. The van der Waals surface area contributed by atoms with E-state index in [2.05, 4.69) is 35.2 Å². The highest BCUT2D eigenvalue weighted by molar-refractivity contribution is 5.17. The largest absolute Gasteiger partial charge is 0.468 e. The van der Waals surface area contributed by atoms with Crippen LogP contribution < -0.4 is 5.32 Å². The van der Waals surface area contributed by atoms with E-state index in [0.717, 1.165) is 37.4 Å². The molecule has 1 aromatic rings. The Morgan fingerprint density at radius 2 is 2.24 bits per heavy atom. The lowest BCUT2D eigenvalue weighted by atomic mass is 9.84. The summed E-state index contributed by atoms with van der Waals surface area (Å²) in [5.74, 6) is 1.97. The highest BCUT2D eigenvalue weighted by atomic mass is 16.3. The first-order chi connectivity index (χ1) is 10.3. The molecule has 0 aromatic carbocycles. The van der Waals surface area contributed by atoms with Gasteiger partial charge in [-0.1, -0.05) is 6.92 Å². The van der Waals surface area contributed by atoms with Crippen LogP contribution in [0.2, 0.25) is 0 Å². The number of nitrogens with zero attached hydrogens (tertiary/aromatic N) is 2. The number of hydrogen-bond acceptors (Lipinski definition) is 4. The summed E-state index contributed by atoms with van der Waals surface area (Å²) >= 11 is 0. The number of furan rings is 1. The van der Waals surface area contributed by atoms with Gasteiger partial charge in [-0.25, -0.2) is 0 Å². The summed E-state index contributed by atoms with van der Waals surface area (Å²) in [6.07, 6.45) is 5.93. The first-order valence-electron chi connectivity index (χ1n) is 8.46. The third-order valence-corrected chi connectivity index (χ3v) is 5.20. The Balaban J connectivity index is 1.58. The van der Waals surface area contributed by atoms with Crippen molar-refractivity contribution in [3.63, 3.8) is 0 Å². The molecule has 2 fully saturated rings. The molecule has 118 valence electrons. The van der Waals surface area contributed by atoms with Gasteiger partial charge < -0.3 is 14.6 Å². The van der Waals surface area contributed by atoms with Crippen molar-refractivity contribution in [2.75, 3.05) is 33.2 Å². The third-order valence-electron chi connectivity index (χ3n) is 5.20. The Labute approximate surface area is 128 Å². The Morgan fingerprint density at radius 1 is 1.33 bits per heavy atom. The Hall–Kier alpha value is -0.840. The molecule has 0 bridgehead atoms. The van der Waals surface area contributed by atoms with E-state index in [-0.39, 0.29) is 0 Å². The first-order valence-corrected chi connectivity index (χ1v) is 8.46. The number of hydrogen-bond donors (Lipinski definition) is 1. The van der Waals surface area contributed by atoms with Gasteiger partial charge in [0.15, 0.2) is 0 Å². The van der Waals surface area contributed by atoms with Gasteiger partial charge in [-0.3, -0.25) is 4.90 Å². The molecule has 3 heterocycles. The minimum Gasteiger partial charge on any atom is -0.468 e. The van der Waals surface area contributed by atoms with Gasteiger partial charge in [-0.2, -0.15) is 0 Å². The molecule has 1 aromatic heterocycles. The highest BCUT2D eigenvalue weighted by Gasteiger charge is 2.34. The monoisotopic (exact) mass is 291 g/mol. The van der Waals surface area contributed by atoms with Crippen LogP contribution in [0.1, 0.15) is 37.5 Å². The second-order valence-corrected chi connectivity index (χ2v) is 6.62. The number of rotatable bonds is 5. The van der Waals surface area contributed by atoms with E-state index in [1.807, 2.05) is 6.26 Å². The molecule has 0 radical (unpaired) electrons. The fourth-order valence-corrected chi connectivity index (χ4v) is 4.01. The van der Waals surface area contributed by atoms with Crippen molar-refractivity contribution in [3.05, 3.63) is 23.7 Å². The van der Waals surface area contributed by atoms with Gasteiger partial charge in [0, 0.05) is 24.7 Å². The Kier molecular flexibility index (Phi) is 4.99. The molecule has 0 saturated carbocycles. The van der Waals surface area contributed by atoms with Crippen LogP contribution in [0.25, 0.3) is 0 Å². The topological polar surface area (TPSA) is 31.7 Å². The molecule has 2 aliphatic heterocycles. The van der Waals surface area contributed by atoms with Crippen molar-refractivity contribution in [2.24, 2.45) is 5.92 Å². The lowest BCUT2D eigenvalue weighted by Gasteiger charge is -2.46. The summed E-state index contributed by atoms with van der Waals surface area (Å²) in [6.45, 7) is 8.77.